The average Bonchev–Trinajstić information content (AvgIpc) is 2.24. The van der Waals surface area contributed by atoms with Gasteiger partial charge in [0.25, 0.3) is 0 Å². The van der Waals surface area contributed by atoms with Crippen LogP contribution in [0.1, 0.15) is 39.5 Å². The van der Waals surface area contributed by atoms with E-state index >= 15 is 0 Å². The molecule has 0 saturated heterocycles. The summed E-state index contributed by atoms with van der Waals surface area (Å²) in [6.45, 7) is 5.80. The van der Waals surface area contributed by atoms with Crippen molar-refractivity contribution in [1.29, 1.82) is 0 Å². The predicted molar refractivity (Wildman–Crippen MR) is 81.9 cm³/mol. The van der Waals surface area contributed by atoms with Gasteiger partial charge in [0.2, 0.25) is 0 Å². The maximum atomic E-state index is 3.73. The summed E-state index contributed by atoms with van der Waals surface area (Å²) in [7, 11) is 4.30. The van der Waals surface area contributed by atoms with E-state index in [0.717, 1.165) is 5.33 Å². The minimum Gasteiger partial charge on any atom is -0.309 e. The standard InChI is InChI=1S/C13H28BrNS/c1-5-7-13(11-14,8-6-2)12-16-10-9-15(3)4/h5-12H2,1-4H3. The molecule has 0 bridgehead atoms. The molecule has 0 rings (SSSR count). The van der Waals surface area contributed by atoms with Gasteiger partial charge in [0.05, 0.1) is 0 Å². The van der Waals surface area contributed by atoms with Crippen molar-refractivity contribution in [3.63, 3.8) is 0 Å². The fourth-order valence-corrected chi connectivity index (χ4v) is 4.52. The van der Waals surface area contributed by atoms with Crippen LogP contribution in [0.4, 0.5) is 0 Å². The van der Waals surface area contributed by atoms with E-state index in [1.807, 2.05) is 0 Å². The van der Waals surface area contributed by atoms with Crippen molar-refractivity contribution in [3.8, 4) is 0 Å². The molecular formula is C13H28BrNS. The molecule has 0 aromatic heterocycles. The third-order valence-electron chi connectivity index (χ3n) is 2.94. The Kier molecular flexibility index (Phi) is 10.3. The lowest BCUT2D eigenvalue weighted by Gasteiger charge is -2.31. The van der Waals surface area contributed by atoms with E-state index in [1.54, 1.807) is 0 Å². The molecule has 0 unspecified atom stereocenters. The normalized spacial score (nSPS) is 12.4. The second-order valence-electron chi connectivity index (χ2n) is 4.99. The van der Waals surface area contributed by atoms with Crippen molar-refractivity contribution >= 4 is 27.7 Å². The molecule has 0 fully saturated rings. The lowest BCUT2D eigenvalue weighted by molar-refractivity contribution is 0.320. The monoisotopic (exact) mass is 309 g/mol. The van der Waals surface area contributed by atoms with E-state index < -0.39 is 0 Å². The van der Waals surface area contributed by atoms with Crippen LogP contribution >= 0.6 is 27.7 Å². The van der Waals surface area contributed by atoms with Crippen LogP contribution < -0.4 is 0 Å². The van der Waals surface area contributed by atoms with Crippen molar-refractivity contribution in [2.45, 2.75) is 39.5 Å². The quantitative estimate of drug-likeness (QED) is 0.438. The van der Waals surface area contributed by atoms with Crippen LogP contribution in [0.3, 0.4) is 0 Å². The molecule has 0 amide bonds. The summed E-state index contributed by atoms with van der Waals surface area (Å²) in [5, 5.41) is 1.16. The zero-order valence-electron chi connectivity index (χ0n) is 11.4. The smallest absolute Gasteiger partial charge is 0.00958 e. The van der Waals surface area contributed by atoms with Crippen molar-refractivity contribution in [3.05, 3.63) is 0 Å². The zero-order chi connectivity index (χ0) is 12.4. The summed E-state index contributed by atoms with van der Waals surface area (Å²) in [5.41, 5.74) is 0.542. The highest BCUT2D eigenvalue weighted by molar-refractivity contribution is 9.09. The van der Waals surface area contributed by atoms with Gasteiger partial charge in [0.1, 0.15) is 0 Å². The number of nitrogens with zero attached hydrogens (tertiary/aromatic N) is 1. The largest absolute Gasteiger partial charge is 0.309 e. The van der Waals surface area contributed by atoms with Crippen molar-refractivity contribution in [2.75, 3.05) is 37.5 Å². The molecule has 0 heterocycles. The van der Waals surface area contributed by atoms with Gasteiger partial charge < -0.3 is 4.90 Å². The second kappa shape index (κ2) is 9.78. The first-order valence-corrected chi connectivity index (χ1v) is 8.66. The number of hydrogen-bond donors (Lipinski definition) is 0. The van der Waals surface area contributed by atoms with Gasteiger partial charge in [-0.1, -0.05) is 42.6 Å². The van der Waals surface area contributed by atoms with Crippen LogP contribution in [-0.2, 0) is 0 Å². The Morgan fingerprint density at radius 1 is 1.12 bits per heavy atom. The molecule has 0 N–H and O–H groups in total. The van der Waals surface area contributed by atoms with Gasteiger partial charge >= 0.3 is 0 Å². The maximum absolute atomic E-state index is 3.73. The third-order valence-corrected chi connectivity index (χ3v) is 5.41. The van der Waals surface area contributed by atoms with Crippen molar-refractivity contribution in [2.24, 2.45) is 5.41 Å². The van der Waals surface area contributed by atoms with E-state index in [-0.39, 0.29) is 0 Å². The van der Waals surface area contributed by atoms with E-state index in [1.165, 1.54) is 43.7 Å². The first kappa shape index (κ1) is 16.8. The Balaban J connectivity index is 3.98. The van der Waals surface area contributed by atoms with Crippen LogP contribution in [0.2, 0.25) is 0 Å². The highest BCUT2D eigenvalue weighted by Crippen LogP contribution is 2.35. The second-order valence-corrected chi connectivity index (χ2v) is 6.66. The van der Waals surface area contributed by atoms with E-state index in [9.17, 15) is 0 Å². The molecule has 98 valence electrons. The van der Waals surface area contributed by atoms with Crippen LogP contribution in [0.5, 0.6) is 0 Å². The average molecular weight is 310 g/mol. The number of hydrogen-bond acceptors (Lipinski definition) is 2. The summed E-state index contributed by atoms with van der Waals surface area (Å²) < 4.78 is 0. The predicted octanol–water partition coefficient (Wildman–Crippen LogP) is 4.26. The Morgan fingerprint density at radius 3 is 2.06 bits per heavy atom. The van der Waals surface area contributed by atoms with Crippen LogP contribution in [-0.4, -0.2) is 42.4 Å². The van der Waals surface area contributed by atoms with Crippen molar-refractivity contribution < 1.29 is 0 Å². The Morgan fingerprint density at radius 2 is 1.69 bits per heavy atom. The van der Waals surface area contributed by atoms with E-state index in [2.05, 4.69) is 60.5 Å². The zero-order valence-corrected chi connectivity index (χ0v) is 13.8. The van der Waals surface area contributed by atoms with Gasteiger partial charge in [-0.25, -0.2) is 0 Å². The molecule has 0 spiro atoms. The van der Waals surface area contributed by atoms with Crippen molar-refractivity contribution in [1.82, 2.24) is 4.90 Å². The maximum Gasteiger partial charge on any atom is 0.00958 e. The lowest BCUT2D eigenvalue weighted by atomic mass is 9.83. The fourth-order valence-electron chi connectivity index (χ4n) is 2.04. The molecular weight excluding hydrogens is 282 g/mol. The summed E-state index contributed by atoms with van der Waals surface area (Å²) in [6.07, 6.45) is 5.34. The molecule has 0 aliphatic heterocycles. The molecule has 0 aliphatic carbocycles. The molecule has 0 aromatic carbocycles. The molecule has 0 aliphatic rings. The summed E-state index contributed by atoms with van der Waals surface area (Å²) in [6, 6.07) is 0. The van der Waals surface area contributed by atoms with Crippen LogP contribution in [0.15, 0.2) is 0 Å². The van der Waals surface area contributed by atoms with Gasteiger partial charge in [-0.05, 0) is 38.1 Å². The molecule has 0 atom stereocenters. The Bertz CT molecular complexity index is 156. The van der Waals surface area contributed by atoms with Gasteiger partial charge in [0, 0.05) is 17.6 Å². The first-order valence-electron chi connectivity index (χ1n) is 6.38. The molecule has 16 heavy (non-hydrogen) atoms. The molecule has 0 saturated carbocycles. The highest BCUT2D eigenvalue weighted by atomic mass is 79.9. The summed E-state index contributed by atoms with van der Waals surface area (Å²) in [5.74, 6) is 2.57. The number of rotatable bonds is 10. The van der Waals surface area contributed by atoms with E-state index in [4.69, 9.17) is 0 Å². The van der Waals surface area contributed by atoms with Crippen LogP contribution in [0.25, 0.3) is 0 Å². The highest BCUT2D eigenvalue weighted by Gasteiger charge is 2.26. The first-order chi connectivity index (χ1) is 7.60. The molecule has 0 radical (unpaired) electrons. The Labute approximate surface area is 115 Å². The lowest BCUT2D eigenvalue weighted by Crippen LogP contribution is -2.26. The molecule has 1 nitrogen and oxygen atoms in total. The summed E-state index contributed by atoms with van der Waals surface area (Å²) >= 11 is 5.85. The number of halogens is 1. The molecule has 3 heteroatoms. The van der Waals surface area contributed by atoms with E-state index in [0.29, 0.717) is 5.41 Å². The SMILES string of the molecule is CCCC(CBr)(CCC)CSCCN(C)C. The number of alkyl halides is 1. The van der Waals surface area contributed by atoms with Gasteiger partial charge in [-0.2, -0.15) is 11.8 Å². The third kappa shape index (κ3) is 7.18. The minimum atomic E-state index is 0.542. The fraction of sp³-hybridized carbons (Fsp3) is 1.00. The minimum absolute atomic E-state index is 0.542. The summed E-state index contributed by atoms with van der Waals surface area (Å²) in [4.78, 5) is 2.27. The topological polar surface area (TPSA) is 3.24 Å². The van der Waals surface area contributed by atoms with Gasteiger partial charge in [-0.3, -0.25) is 0 Å². The molecule has 0 aromatic rings. The van der Waals surface area contributed by atoms with Gasteiger partial charge in [-0.15, -0.1) is 0 Å². The number of thioether (sulfide) groups is 1. The van der Waals surface area contributed by atoms with Gasteiger partial charge in [0.15, 0.2) is 0 Å². The van der Waals surface area contributed by atoms with Crippen LogP contribution in [0, 0.1) is 5.41 Å². The Hall–Kier alpha value is 0.790.